The molecule has 1 aliphatic rings. The van der Waals surface area contributed by atoms with Crippen LogP contribution in [0.4, 0.5) is 0 Å². The van der Waals surface area contributed by atoms with E-state index in [0.29, 0.717) is 5.92 Å². The van der Waals surface area contributed by atoms with Crippen LogP contribution in [0.15, 0.2) is 24.3 Å². The lowest BCUT2D eigenvalue weighted by Crippen LogP contribution is -2.32. The number of rotatable bonds is 5. The van der Waals surface area contributed by atoms with Crippen molar-refractivity contribution in [3.8, 4) is 0 Å². The van der Waals surface area contributed by atoms with Gasteiger partial charge < -0.3 is 11.1 Å². The Hall–Kier alpha value is -1.06. The van der Waals surface area contributed by atoms with E-state index in [4.69, 9.17) is 5.73 Å². The average Bonchev–Trinajstić information content (AvgIpc) is 2.85. The Balaban J connectivity index is 0.00000242. The summed E-state index contributed by atoms with van der Waals surface area (Å²) in [6, 6.07) is 8.85. The minimum atomic E-state index is 0. The summed E-state index contributed by atoms with van der Waals surface area (Å²) in [5, 5.41) is 3.12. The van der Waals surface area contributed by atoms with Gasteiger partial charge in [0, 0.05) is 12.0 Å². The van der Waals surface area contributed by atoms with E-state index in [0.717, 1.165) is 31.2 Å². The van der Waals surface area contributed by atoms with E-state index in [2.05, 4.69) is 43.4 Å². The Kier molecular flexibility index (Phi) is 7.37. The summed E-state index contributed by atoms with van der Waals surface area (Å²) < 4.78 is 0. The third-order valence-electron chi connectivity index (χ3n) is 4.33. The molecule has 0 radical (unpaired) electrons. The van der Waals surface area contributed by atoms with Crippen molar-refractivity contribution in [2.75, 3.05) is 0 Å². The number of nitrogens with two attached hydrogens (primary N) is 1. The lowest BCUT2D eigenvalue weighted by atomic mass is 9.99. The Labute approximate surface area is 140 Å². The van der Waals surface area contributed by atoms with Gasteiger partial charge in [-0.25, -0.2) is 0 Å². The number of hydrogen-bond donors (Lipinski definition) is 2. The van der Waals surface area contributed by atoms with Crippen LogP contribution in [0.5, 0.6) is 0 Å². The van der Waals surface area contributed by atoms with Crippen molar-refractivity contribution in [1.29, 1.82) is 0 Å². The van der Waals surface area contributed by atoms with E-state index in [1.54, 1.807) is 0 Å². The monoisotopic (exact) mass is 324 g/mol. The van der Waals surface area contributed by atoms with Crippen LogP contribution < -0.4 is 11.1 Å². The molecule has 0 heterocycles. The zero-order chi connectivity index (χ0) is 15.4. The van der Waals surface area contributed by atoms with Gasteiger partial charge in [0.2, 0.25) is 5.91 Å². The number of nitrogens with one attached hydrogen (secondary N) is 1. The molecule has 1 saturated carbocycles. The van der Waals surface area contributed by atoms with Gasteiger partial charge in [-0.05, 0) is 49.7 Å². The van der Waals surface area contributed by atoms with E-state index in [9.17, 15) is 4.79 Å². The molecular formula is C18H29ClN2O. The summed E-state index contributed by atoms with van der Waals surface area (Å²) >= 11 is 0. The Morgan fingerprint density at radius 3 is 2.36 bits per heavy atom. The molecule has 3 atom stereocenters. The van der Waals surface area contributed by atoms with E-state index in [-0.39, 0.29) is 36.3 Å². The van der Waals surface area contributed by atoms with Gasteiger partial charge in [0.05, 0.1) is 6.04 Å². The zero-order valence-electron chi connectivity index (χ0n) is 13.8. The second-order valence-corrected chi connectivity index (χ2v) is 6.84. The van der Waals surface area contributed by atoms with Crippen molar-refractivity contribution in [1.82, 2.24) is 5.32 Å². The summed E-state index contributed by atoms with van der Waals surface area (Å²) in [7, 11) is 0. The van der Waals surface area contributed by atoms with Crippen LogP contribution in [0, 0.1) is 11.8 Å². The van der Waals surface area contributed by atoms with Crippen molar-refractivity contribution in [2.45, 2.75) is 58.5 Å². The van der Waals surface area contributed by atoms with Crippen LogP contribution in [0.1, 0.15) is 57.2 Å². The molecule has 4 heteroatoms. The first-order chi connectivity index (χ1) is 9.95. The van der Waals surface area contributed by atoms with Crippen LogP contribution >= 0.6 is 12.4 Å². The van der Waals surface area contributed by atoms with Gasteiger partial charge in [-0.15, -0.1) is 12.4 Å². The highest BCUT2D eigenvalue weighted by atomic mass is 35.5. The Morgan fingerprint density at radius 2 is 1.86 bits per heavy atom. The number of benzene rings is 1. The molecule has 1 aliphatic carbocycles. The lowest BCUT2D eigenvalue weighted by molar-refractivity contribution is -0.125. The molecule has 124 valence electrons. The molecule has 0 saturated heterocycles. The quantitative estimate of drug-likeness (QED) is 0.869. The van der Waals surface area contributed by atoms with E-state index < -0.39 is 0 Å². The molecule has 3 nitrogen and oxygen atoms in total. The number of hydrogen-bond acceptors (Lipinski definition) is 2. The van der Waals surface area contributed by atoms with Gasteiger partial charge in [-0.3, -0.25) is 4.79 Å². The minimum absolute atomic E-state index is 0. The highest BCUT2D eigenvalue weighted by Crippen LogP contribution is 2.25. The maximum atomic E-state index is 12.2. The summed E-state index contributed by atoms with van der Waals surface area (Å²) in [6.45, 7) is 6.50. The molecule has 22 heavy (non-hydrogen) atoms. The minimum Gasteiger partial charge on any atom is -0.349 e. The average molecular weight is 325 g/mol. The second kappa shape index (κ2) is 8.54. The molecule has 1 amide bonds. The van der Waals surface area contributed by atoms with E-state index in [1.807, 2.05) is 6.92 Å². The van der Waals surface area contributed by atoms with E-state index >= 15 is 0 Å². The lowest BCUT2D eigenvalue weighted by Gasteiger charge is -2.18. The van der Waals surface area contributed by atoms with Crippen molar-refractivity contribution in [3.05, 3.63) is 35.4 Å². The van der Waals surface area contributed by atoms with Crippen LogP contribution in [0.3, 0.4) is 0 Å². The highest BCUT2D eigenvalue weighted by molar-refractivity contribution is 5.85. The second-order valence-electron chi connectivity index (χ2n) is 6.84. The number of amides is 1. The number of carbonyl (C=O) groups excluding carboxylic acids is 1. The molecule has 0 aromatic heterocycles. The molecule has 1 fully saturated rings. The molecular weight excluding hydrogens is 296 g/mol. The molecule has 1 aromatic rings. The summed E-state index contributed by atoms with van der Waals surface area (Å²) in [5.74, 6) is 0.920. The summed E-state index contributed by atoms with van der Waals surface area (Å²) in [6.07, 6.45) is 3.82. The fourth-order valence-electron chi connectivity index (χ4n) is 3.08. The SMILES string of the molecule is CC(C)Cc1ccc(C(C)NC(=O)C2CCC(N)C2)cc1.Cl. The molecule has 1 aromatic carbocycles. The molecule has 0 aliphatic heterocycles. The number of carbonyl (C=O) groups is 1. The first-order valence-electron chi connectivity index (χ1n) is 8.10. The van der Waals surface area contributed by atoms with Crippen molar-refractivity contribution >= 4 is 18.3 Å². The maximum absolute atomic E-state index is 12.2. The highest BCUT2D eigenvalue weighted by Gasteiger charge is 2.28. The first kappa shape index (κ1) is 19.0. The first-order valence-corrected chi connectivity index (χ1v) is 8.10. The molecule has 0 spiro atoms. The van der Waals surface area contributed by atoms with Crippen LogP contribution in [0.25, 0.3) is 0 Å². The summed E-state index contributed by atoms with van der Waals surface area (Å²) in [4.78, 5) is 12.2. The van der Waals surface area contributed by atoms with Crippen LogP contribution in [0.2, 0.25) is 0 Å². The summed E-state index contributed by atoms with van der Waals surface area (Å²) in [5.41, 5.74) is 8.40. The third-order valence-corrected chi connectivity index (χ3v) is 4.33. The van der Waals surface area contributed by atoms with Gasteiger partial charge in [0.1, 0.15) is 0 Å². The Bertz CT molecular complexity index is 472. The fraction of sp³-hybridized carbons (Fsp3) is 0.611. The molecule has 3 unspecified atom stereocenters. The maximum Gasteiger partial charge on any atom is 0.223 e. The topological polar surface area (TPSA) is 55.1 Å². The predicted octanol–water partition coefficient (Wildman–Crippen LogP) is 3.61. The standard InChI is InChI=1S/C18H28N2O.ClH/c1-12(2)10-14-4-6-15(7-5-14)13(3)20-18(21)16-8-9-17(19)11-16;/h4-7,12-13,16-17H,8-11,19H2,1-3H3,(H,20,21);1H. The molecule has 0 bridgehead atoms. The zero-order valence-corrected chi connectivity index (χ0v) is 14.7. The number of halogens is 1. The van der Waals surface area contributed by atoms with Gasteiger partial charge in [-0.1, -0.05) is 38.1 Å². The molecule has 3 N–H and O–H groups in total. The normalized spacial score (nSPS) is 22.2. The predicted molar refractivity (Wildman–Crippen MR) is 94.1 cm³/mol. The molecule has 2 rings (SSSR count). The Morgan fingerprint density at radius 1 is 1.23 bits per heavy atom. The smallest absolute Gasteiger partial charge is 0.223 e. The largest absolute Gasteiger partial charge is 0.349 e. The van der Waals surface area contributed by atoms with Crippen molar-refractivity contribution < 1.29 is 4.79 Å². The van der Waals surface area contributed by atoms with Gasteiger partial charge in [-0.2, -0.15) is 0 Å². The fourth-order valence-corrected chi connectivity index (χ4v) is 3.08. The van der Waals surface area contributed by atoms with Crippen molar-refractivity contribution in [2.24, 2.45) is 17.6 Å². The van der Waals surface area contributed by atoms with Gasteiger partial charge in [0.15, 0.2) is 0 Å². The third kappa shape index (κ3) is 5.29. The van der Waals surface area contributed by atoms with Crippen molar-refractivity contribution in [3.63, 3.8) is 0 Å². The van der Waals surface area contributed by atoms with Gasteiger partial charge >= 0.3 is 0 Å². The van der Waals surface area contributed by atoms with Gasteiger partial charge in [0.25, 0.3) is 0 Å². The van der Waals surface area contributed by atoms with E-state index in [1.165, 1.54) is 5.56 Å². The van der Waals surface area contributed by atoms with Crippen LogP contribution in [-0.2, 0) is 11.2 Å². The van der Waals surface area contributed by atoms with Crippen LogP contribution in [-0.4, -0.2) is 11.9 Å².